The Morgan fingerprint density at radius 2 is 1.95 bits per heavy atom. The molecule has 0 saturated carbocycles. The van der Waals surface area contributed by atoms with Gasteiger partial charge in [0.15, 0.2) is 0 Å². The summed E-state index contributed by atoms with van der Waals surface area (Å²) in [5, 5.41) is 4.91. The van der Waals surface area contributed by atoms with Crippen molar-refractivity contribution in [3.63, 3.8) is 0 Å². The highest BCUT2D eigenvalue weighted by atomic mass is 79.9. The normalized spacial score (nSPS) is 11.3. The molecule has 1 aromatic carbocycles. The highest BCUT2D eigenvalue weighted by Gasteiger charge is 2.22. The van der Waals surface area contributed by atoms with E-state index in [1.165, 1.54) is 16.9 Å². The Labute approximate surface area is 126 Å². The SMILES string of the molecule is CC(C)(CNC(=O)c1sccc1Br)c1ccccc1. The lowest BCUT2D eigenvalue weighted by atomic mass is 9.84. The maximum Gasteiger partial charge on any atom is 0.262 e. The second-order valence-electron chi connectivity index (χ2n) is 5.03. The van der Waals surface area contributed by atoms with Crippen LogP contribution in [0.2, 0.25) is 0 Å². The number of thiophene rings is 1. The lowest BCUT2D eigenvalue weighted by Gasteiger charge is -2.25. The van der Waals surface area contributed by atoms with Crippen LogP contribution in [0.4, 0.5) is 0 Å². The summed E-state index contributed by atoms with van der Waals surface area (Å²) in [5.74, 6) is -0.0223. The number of rotatable bonds is 4. The maximum atomic E-state index is 12.1. The van der Waals surface area contributed by atoms with Crippen molar-refractivity contribution in [2.45, 2.75) is 19.3 Å². The van der Waals surface area contributed by atoms with Gasteiger partial charge in [-0.2, -0.15) is 0 Å². The van der Waals surface area contributed by atoms with E-state index in [0.29, 0.717) is 6.54 Å². The topological polar surface area (TPSA) is 29.1 Å². The minimum absolute atomic E-state index is 0.0223. The largest absolute Gasteiger partial charge is 0.350 e. The predicted molar refractivity (Wildman–Crippen MR) is 83.8 cm³/mol. The number of nitrogens with one attached hydrogen (secondary N) is 1. The molecule has 1 heterocycles. The zero-order chi connectivity index (χ0) is 13.9. The van der Waals surface area contributed by atoms with Gasteiger partial charge in [0.05, 0.1) is 0 Å². The summed E-state index contributed by atoms with van der Waals surface area (Å²) >= 11 is 4.83. The molecule has 0 spiro atoms. The molecule has 0 aliphatic rings. The number of halogens is 1. The summed E-state index contributed by atoms with van der Waals surface area (Å²) in [6.07, 6.45) is 0. The minimum Gasteiger partial charge on any atom is -0.350 e. The first-order chi connectivity index (χ1) is 9.00. The Bertz CT molecular complexity index is 563. The Hall–Kier alpha value is -1.13. The summed E-state index contributed by atoms with van der Waals surface area (Å²) in [4.78, 5) is 12.8. The monoisotopic (exact) mass is 337 g/mol. The molecule has 0 aliphatic heterocycles. The van der Waals surface area contributed by atoms with E-state index >= 15 is 0 Å². The van der Waals surface area contributed by atoms with Crippen molar-refractivity contribution in [2.75, 3.05) is 6.54 Å². The molecule has 1 amide bonds. The van der Waals surface area contributed by atoms with Crippen LogP contribution in [0.5, 0.6) is 0 Å². The highest BCUT2D eigenvalue weighted by molar-refractivity contribution is 9.10. The molecule has 0 atom stereocenters. The van der Waals surface area contributed by atoms with Gasteiger partial charge < -0.3 is 5.32 Å². The van der Waals surface area contributed by atoms with Crippen molar-refractivity contribution in [1.29, 1.82) is 0 Å². The standard InChI is InChI=1S/C15H16BrNOS/c1-15(2,11-6-4-3-5-7-11)10-17-14(18)13-12(16)8-9-19-13/h3-9H,10H2,1-2H3,(H,17,18). The summed E-state index contributed by atoms with van der Waals surface area (Å²) in [5.41, 5.74) is 1.14. The maximum absolute atomic E-state index is 12.1. The van der Waals surface area contributed by atoms with E-state index in [1.54, 1.807) is 0 Å². The van der Waals surface area contributed by atoms with Crippen LogP contribution in [-0.2, 0) is 5.41 Å². The number of carbonyl (C=O) groups is 1. The van der Waals surface area contributed by atoms with Gasteiger partial charge in [-0.05, 0) is 32.9 Å². The fourth-order valence-corrected chi connectivity index (χ4v) is 3.30. The van der Waals surface area contributed by atoms with E-state index in [1.807, 2.05) is 29.6 Å². The fourth-order valence-electron chi connectivity index (χ4n) is 1.83. The first kappa shape index (κ1) is 14.3. The van der Waals surface area contributed by atoms with Crippen molar-refractivity contribution < 1.29 is 4.79 Å². The van der Waals surface area contributed by atoms with Gasteiger partial charge in [-0.3, -0.25) is 4.79 Å². The van der Waals surface area contributed by atoms with Crippen LogP contribution >= 0.6 is 27.3 Å². The average Bonchev–Trinajstić information content (AvgIpc) is 2.83. The smallest absolute Gasteiger partial charge is 0.262 e. The van der Waals surface area contributed by atoms with Gasteiger partial charge >= 0.3 is 0 Å². The zero-order valence-electron chi connectivity index (χ0n) is 10.9. The van der Waals surface area contributed by atoms with Crippen molar-refractivity contribution >= 4 is 33.2 Å². The zero-order valence-corrected chi connectivity index (χ0v) is 13.3. The fraction of sp³-hybridized carbons (Fsp3) is 0.267. The summed E-state index contributed by atoms with van der Waals surface area (Å²) in [6.45, 7) is 4.87. The van der Waals surface area contributed by atoms with E-state index in [0.717, 1.165) is 9.35 Å². The molecule has 0 bridgehead atoms. The molecule has 1 aromatic heterocycles. The number of amides is 1. The molecule has 100 valence electrons. The Morgan fingerprint density at radius 3 is 2.53 bits per heavy atom. The molecule has 19 heavy (non-hydrogen) atoms. The molecule has 2 rings (SSSR count). The van der Waals surface area contributed by atoms with Gasteiger partial charge in [0.2, 0.25) is 0 Å². The summed E-state index contributed by atoms with van der Waals surface area (Å²) in [6, 6.07) is 12.1. The first-order valence-electron chi connectivity index (χ1n) is 6.07. The second-order valence-corrected chi connectivity index (χ2v) is 6.80. The molecule has 4 heteroatoms. The van der Waals surface area contributed by atoms with Gasteiger partial charge in [-0.25, -0.2) is 0 Å². The Morgan fingerprint density at radius 1 is 1.26 bits per heavy atom. The van der Waals surface area contributed by atoms with Crippen LogP contribution in [0, 0.1) is 0 Å². The van der Waals surface area contributed by atoms with Crippen LogP contribution in [-0.4, -0.2) is 12.5 Å². The van der Waals surface area contributed by atoms with Crippen LogP contribution in [0.3, 0.4) is 0 Å². The lowest BCUT2D eigenvalue weighted by Crippen LogP contribution is -2.36. The molecule has 1 N–H and O–H groups in total. The first-order valence-corrected chi connectivity index (χ1v) is 7.75. The number of benzene rings is 1. The minimum atomic E-state index is -0.0827. The van der Waals surface area contributed by atoms with E-state index < -0.39 is 0 Å². The van der Waals surface area contributed by atoms with Crippen LogP contribution in [0.25, 0.3) is 0 Å². The average molecular weight is 338 g/mol. The molecule has 2 nitrogen and oxygen atoms in total. The number of carbonyl (C=O) groups excluding carboxylic acids is 1. The third-order valence-corrected chi connectivity index (χ3v) is 4.91. The predicted octanol–water partition coefficient (Wildman–Crippen LogP) is 4.22. The van der Waals surface area contributed by atoms with Crippen molar-refractivity contribution in [1.82, 2.24) is 5.32 Å². The Kier molecular flexibility index (Phi) is 4.42. The second kappa shape index (κ2) is 5.88. The third-order valence-electron chi connectivity index (χ3n) is 3.07. The van der Waals surface area contributed by atoms with Crippen LogP contribution in [0.15, 0.2) is 46.3 Å². The van der Waals surface area contributed by atoms with Crippen LogP contribution < -0.4 is 5.32 Å². The molecule has 0 aliphatic carbocycles. The lowest BCUT2D eigenvalue weighted by molar-refractivity contribution is 0.0949. The third kappa shape index (κ3) is 3.45. The molecule has 2 aromatic rings. The molecular formula is C15H16BrNOS. The van der Waals surface area contributed by atoms with E-state index in [4.69, 9.17) is 0 Å². The molecular weight excluding hydrogens is 322 g/mol. The molecule has 0 radical (unpaired) electrons. The van der Waals surface area contributed by atoms with E-state index in [2.05, 4.69) is 47.2 Å². The van der Waals surface area contributed by atoms with Gasteiger partial charge in [0, 0.05) is 16.4 Å². The van der Waals surface area contributed by atoms with Crippen molar-refractivity contribution in [2.24, 2.45) is 0 Å². The van der Waals surface area contributed by atoms with Gasteiger partial charge in [0.1, 0.15) is 4.88 Å². The summed E-state index contributed by atoms with van der Waals surface area (Å²) < 4.78 is 0.854. The van der Waals surface area contributed by atoms with Crippen LogP contribution in [0.1, 0.15) is 29.1 Å². The summed E-state index contributed by atoms with van der Waals surface area (Å²) in [7, 11) is 0. The van der Waals surface area contributed by atoms with E-state index in [9.17, 15) is 4.79 Å². The van der Waals surface area contributed by atoms with Crippen molar-refractivity contribution in [3.05, 3.63) is 56.7 Å². The number of hydrogen-bond donors (Lipinski definition) is 1. The molecule has 0 unspecified atom stereocenters. The Balaban J connectivity index is 2.03. The quantitative estimate of drug-likeness (QED) is 0.889. The number of hydrogen-bond acceptors (Lipinski definition) is 2. The highest BCUT2D eigenvalue weighted by Crippen LogP contribution is 2.24. The van der Waals surface area contributed by atoms with E-state index in [-0.39, 0.29) is 11.3 Å². The van der Waals surface area contributed by atoms with Gasteiger partial charge in [-0.15, -0.1) is 11.3 Å². The van der Waals surface area contributed by atoms with Gasteiger partial charge in [-0.1, -0.05) is 44.2 Å². The van der Waals surface area contributed by atoms with Crippen molar-refractivity contribution in [3.8, 4) is 0 Å². The molecule has 0 fully saturated rings. The van der Waals surface area contributed by atoms with Gasteiger partial charge in [0.25, 0.3) is 5.91 Å². The molecule has 0 saturated heterocycles.